The fraction of sp³-hybridized carbons (Fsp3) is 0. The van der Waals surface area contributed by atoms with Crippen LogP contribution in [0.5, 0.6) is 23.0 Å². The van der Waals surface area contributed by atoms with E-state index < -0.39 is 0 Å². The molecule has 7 aromatic carbocycles. The van der Waals surface area contributed by atoms with Crippen LogP contribution < -0.4 is 14.4 Å². The second-order valence-electron chi connectivity index (χ2n) is 11.0. The van der Waals surface area contributed by atoms with Crippen molar-refractivity contribution in [2.24, 2.45) is 0 Å². The van der Waals surface area contributed by atoms with Crippen LogP contribution in [0, 0.1) is 0 Å². The van der Waals surface area contributed by atoms with Gasteiger partial charge in [-0.2, -0.15) is 0 Å². The summed E-state index contributed by atoms with van der Waals surface area (Å²) in [5.41, 5.74) is 5.48. The van der Waals surface area contributed by atoms with Gasteiger partial charge in [-0.15, -0.1) is 11.3 Å². The van der Waals surface area contributed by atoms with Crippen molar-refractivity contribution in [3.8, 4) is 34.1 Å². The standard InChI is InChI=1S/C40H24ClNO2S/c41-32-21-19-28(27-12-4-5-13-29(27)32)30-20-22-33(40-39(30)31-14-6-9-17-38(31)45-40)42(25-10-2-1-3-11-25)26-18-23-36-37(24-26)44-35-16-8-7-15-34(35)43-36/h1-24H. The molecule has 0 saturated carbocycles. The van der Waals surface area contributed by atoms with Gasteiger partial charge < -0.3 is 14.4 Å². The van der Waals surface area contributed by atoms with Gasteiger partial charge in [0.1, 0.15) is 0 Å². The van der Waals surface area contributed by atoms with Crippen LogP contribution in [0.15, 0.2) is 146 Å². The maximum atomic E-state index is 6.67. The van der Waals surface area contributed by atoms with Crippen LogP contribution in [-0.2, 0) is 0 Å². The second kappa shape index (κ2) is 10.4. The van der Waals surface area contributed by atoms with E-state index in [2.05, 4.69) is 102 Å². The molecule has 8 aromatic rings. The summed E-state index contributed by atoms with van der Waals surface area (Å²) in [6, 6.07) is 50.1. The van der Waals surface area contributed by atoms with Crippen molar-refractivity contribution in [2.75, 3.05) is 4.90 Å². The van der Waals surface area contributed by atoms with Gasteiger partial charge in [0, 0.05) is 37.6 Å². The van der Waals surface area contributed by atoms with Crippen LogP contribution in [0.4, 0.5) is 17.1 Å². The number of nitrogens with zero attached hydrogens (tertiary/aromatic N) is 1. The first-order valence-corrected chi connectivity index (χ1v) is 16.0. The highest BCUT2D eigenvalue weighted by Gasteiger charge is 2.24. The Hall–Kier alpha value is -5.29. The number of hydrogen-bond donors (Lipinski definition) is 0. The first kappa shape index (κ1) is 26.1. The van der Waals surface area contributed by atoms with E-state index in [-0.39, 0.29) is 0 Å². The lowest BCUT2D eigenvalue weighted by molar-refractivity contribution is 0.360. The van der Waals surface area contributed by atoms with Crippen molar-refractivity contribution in [2.45, 2.75) is 0 Å². The maximum Gasteiger partial charge on any atom is 0.172 e. The molecule has 5 heteroatoms. The van der Waals surface area contributed by atoms with E-state index in [1.54, 1.807) is 0 Å². The van der Waals surface area contributed by atoms with E-state index in [4.69, 9.17) is 21.1 Å². The molecule has 0 fully saturated rings. The van der Waals surface area contributed by atoms with Crippen molar-refractivity contribution in [1.29, 1.82) is 0 Å². The summed E-state index contributed by atoms with van der Waals surface area (Å²) >= 11 is 8.48. The quantitative estimate of drug-likeness (QED) is 0.196. The summed E-state index contributed by atoms with van der Waals surface area (Å²) in [4.78, 5) is 2.31. The first-order chi connectivity index (χ1) is 22.2. The number of halogens is 1. The van der Waals surface area contributed by atoms with Crippen molar-refractivity contribution >= 4 is 70.9 Å². The molecule has 214 valence electrons. The van der Waals surface area contributed by atoms with Gasteiger partial charge in [0.15, 0.2) is 23.0 Å². The largest absolute Gasteiger partial charge is 0.450 e. The molecule has 0 spiro atoms. The molecule has 0 N–H and O–H groups in total. The van der Waals surface area contributed by atoms with Gasteiger partial charge >= 0.3 is 0 Å². The average Bonchev–Trinajstić information content (AvgIpc) is 3.49. The lowest BCUT2D eigenvalue weighted by Gasteiger charge is -2.28. The minimum absolute atomic E-state index is 0.684. The van der Waals surface area contributed by atoms with Gasteiger partial charge in [-0.1, -0.05) is 96.5 Å². The highest BCUT2D eigenvalue weighted by atomic mass is 35.5. The van der Waals surface area contributed by atoms with Crippen LogP contribution in [-0.4, -0.2) is 0 Å². The smallest absolute Gasteiger partial charge is 0.172 e. The van der Waals surface area contributed by atoms with E-state index >= 15 is 0 Å². The topological polar surface area (TPSA) is 21.7 Å². The molecule has 1 aliphatic heterocycles. The van der Waals surface area contributed by atoms with Crippen LogP contribution in [0.25, 0.3) is 42.1 Å². The fourth-order valence-electron chi connectivity index (χ4n) is 6.37. The average molecular weight is 618 g/mol. The van der Waals surface area contributed by atoms with Gasteiger partial charge in [-0.3, -0.25) is 0 Å². The predicted octanol–water partition coefficient (Wildman–Crippen LogP) is 12.9. The molecule has 0 radical (unpaired) electrons. The second-order valence-corrected chi connectivity index (χ2v) is 12.5. The van der Waals surface area contributed by atoms with Crippen LogP contribution in [0.3, 0.4) is 0 Å². The highest BCUT2D eigenvalue weighted by Crippen LogP contribution is 2.51. The van der Waals surface area contributed by atoms with Crippen LogP contribution >= 0.6 is 22.9 Å². The molecule has 0 atom stereocenters. The van der Waals surface area contributed by atoms with Gasteiger partial charge in [-0.05, 0) is 71.1 Å². The Labute approximate surface area is 269 Å². The Bertz CT molecular complexity index is 2420. The van der Waals surface area contributed by atoms with Crippen molar-refractivity contribution in [3.05, 3.63) is 151 Å². The fourth-order valence-corrected chi connectivity index (χ4v) is 7.83. The molecule has 0 aliphatic carbocycles. The third-order valence-electron chi connectivity index (χ3n) is 8.40. The number of rotatable bonds is 4. The van der Waals surface area contributed by atoms with Crippen LogP contribution in [0.2, 0.25) is 5.02 Å². The number of thiophene rings is 1. The summed E-state index contributed by atoms with van der Waals surface area (Å²) in [5, 5.41) is 5.42. The Morgan fingerprint density at radius 1 is 0.489 bits per heavy atom. The highest BCUT2D eigenvalue weighted by molar-refractivity contribution is 7.26. The van der Waals surface area contributed by atoms with E-state index in [0.29, 0.717) is 17.2 Å². The van der Waals surface area contributed by atoms with Crippen molar-refractivity contribution in [1.82, 2.24) is 0 Å². The summed E-state index contributed by atoms with van der Waals surface area (Å²) < 4.78 is 15.0. The molecular formula is C40H24ClNO2S. The molecule has 2 heterocycles. The van der Waals surface area contributed by atoms with E-state index in [0.717, 1.165) is 38.6 Å². The molecule has 0 bridgehead atoms. The Balaban J connectivity index is 1.29. The van der Waals surface area contributed by atoms with Gasteiger partial charge in [-0.25, -0.2) is 0 Å². The minimum Gasteiger partial charge on any atom is -0.450 e. The molecule has 0 unspecified atom stereocenters. The lowest BCUT2D eigenvalue weighted by atomic mass is 9.94. The minimum atomic E-state index is 0.684. The van der Waals surface area contributed by atoms with Crippen molar-refractivity contribution in [3.63, 3.8) is 0 Å². The Morgan fingerprint density at radius 3 is 1.96 bits per heavy atom. The first-order valence-electron chi connectivity index (χ1n) is 14.8. The van der Waals surface area contributed by atoms with E-state index in [1.807, 2.05) is 59.9 Å². The third-order valence-corrected chi connectivity index (χ3v) is 9.92. The van der Waals surface area contributed by atoms with Crippen molar-refractivity contribution < 1.29 is 9.47 Å². The van der Waals surface area contributed by atoms with Gasteiger partial charge in [0.2, 0.25) is 0 Å². The summed E-state index contributed by atoms with van der Waals surface area (Å²) in [7, 11) is 0. The zero-order chi connectivity index (χ0) is 29.9. The molecule has 45 heavy (non-hydrogen) atoms. The molecule has 3 nitrogen and oxygen atoms in total. The third kappa shape index (κ3) is 4.26. The Kier molecular flexibility index (Phi) is 6.05. The Morgan fingerprint density at radius 2 is 1.13 bits per heavy atom. The zero-order valence-corrected chi connectivity index (χ0v) is 25.5. The molecule has 0 amide bonds. The molecule has 1 aliphatic rings. The van der Waals surface area contributed by atoms with E-state index in [1.165, 1.54) is 31.3 Å². The maximum absolute atomic E-state index is 6.67. The summed E-state index contributed by atoms with van der Waals surface area (Å²) in [6.45, 7) is 0. The SMILES string of the molecule is Clc1ccc(-c2ccc(N(c3ccccc3)c3ccc4c(c3)Oc3ccccc3O4)c3sc4ccccc4c23)c2ccccc12. The predicted molar refractivity (Wildman–Crippen MR) is 189 cm³/mol. The monoisotopic (exact) mass is 617 g/mol. The normalized spacial score (nSPS) is 12.0. The number of fused-ring (bicyclic) bond motifs is 6. The number of anilines is 3. The summed E-state index contributed by atoms with van der Waals surface area (Å²) in [6.07, 6.45) is 0. The number of hydrogen-bond acceptors (Lipinski definition) is 4. The number of ether oxygens (including phenoxy) is 2. The lowest BCUT2D eigenvalue weighted by Crippen LogP contribution is -2.11. The molecule has 1 aromatic heterocycles. The van der Waals surface area contributed by atoms with Gasteiger partial charge in [0.05, 0.1) is 16.1 Å². The zero-order valence-electron chi connectivity index (χ0n) is 23.9. The number of benzene rings is 7. The molecule has 0 saturated heterocycles. The van der Waals surface area contributed by atoms with E-state index in [9.17, 15) is 0 Å². The van der Waals surface area contributed by atoms with Gasteiger partial charge in [0.25, 0.3) is 0 Å². The molecular weight excluding hydrogens is 594 g/mol. The van der Waals surface area contributed by atoms with Crippen LogP contribution in [0.1, 0.15) is 0 Å². The summed E-state index contributed by atoms with van der Waals surface area (Å²) in [5.74, 6) is 2.81. The molecule has 9 rings (SSSR count). The number of para-hydroxylation sites is 3.